The summed E-state index contributed by atoms with van der Waals surface area (Å²) in [6.45, 7) is 10.3. The molecule has 0 aromatic carbocycles. The molecule has 3 atom stereocenters. The minimum absolute atomic E-state index is 0.139. The Morgan fingerprint density at radius 2 is 2.00 bits per heavy atom. The van der Waals surface area contributed by atoms with Crippen LogP contribution in [0.3, 0.4) is 0 Å². The molecule has 1 rings (SSSR count). The van der Waals surface area contributed by atoms with Gasteiger partial charge in [0.05, 0.1) is 5.92 Å². The predicted molar refractivity (Wildman–Crippen MR) is 77.1 cm³/mol. The van der Waals surface area contributed by atoms with Crippen molar-refractivity contribution >= 4 is 5.97 Å². The Bertz CT molecular complexity index is 280. The fraction of sp³-hybridized carbons (Fsp3) is 0.938. The highest BCUT2D eigenvalue weighted by Gasteiger charge is 2.38. The van der Waals surface area contributed by atoms with Gasteiger partial charge in [0.2, 0.25) is 0 Å². The first-order chi connectivity index (χ1) is 8.86. The van der Waals surface area contributed by atoms with Crippen molar-refractivity contribution in [2.45, 2.75) is 59.8 Å². The second kappa shape index (κ2) is 7.28. The summed E-state index contributed by atoms with van der Waals surface area (Å²) < 4.78 is 5.37. The number of hydrogen-bond acceptors (Lipinski definition) is 2. The van der Waals surface area contributed by atoms with Crippen LogP contribution in [0.2, 0.25) is 0 Å². The monoisotopic (exact) mass is 270 g/mol. The first-order valence-corrected chi connectivity index (χ1v) is 7.66. The third-order valence-electron chi connectivity index (χ3n) is 4.59. The van der Waals surface area contributed by atoms with Crippen LogP contribution in [0.1, 0.15) is 59.8 Å². The van der Waals surface area contributed by atoms with Gasteiger partial charge in [-0.15, -0.1) is 0 Å². The molecule has 0 bridgehead atoms. The first kappa shape index (κ1) is 16.5. The molecule has 3 unspecified atom stereocenters. The minimum atomic E-state index is -0.603. The lowest BCUT2D eigenvalue weighted by molar-refractivity contribution is -0.146. The van der Waals surface area contributed by atoms with Crippen LogP contribution in [0.4, 0.5) is 0 Å². The number of hydrogen-bond donors (Lipinski definition) is 1. The quantitative estimate of drug-likeness (QED) is 0.743. The van der Waals surface area contributed by atoms with Crippen LogP contribution in [0.15, 0.2) is 0 Å². The smallest absolute Gasteiger partial charge is 0.306 e. The van der Waals surface area contributed by atoms with Crippen LogP contribution in [0, 0.1) is 23.2 Å². The van der Waals surface area contributed by atoms with Crippen molar-refractivity contribution in [1.82, 2.24) is 0 Å². The number of carboxylic acids is 1. The van der Waals surface area contributed by atoms with Gasteiger partial charge in [-0.2, -0.15) is 0 Å². The van der Waals surface area contributed by atoms with Crippen LogP contribution >= 0.6 is 0 Å². The molecule has 19 heavy (non-hydrogen) atoms. The second-order valence-corrected chi connectivity index (χ2v) is 6.92. The Kier molecular flexibility index (Phi) is 6.31. The van der Waals surface area contributed by atoms with E-state index in [-0.39, 0.29) is 5.92 Å². The molecule has 1 aliphatic rings. The van der Waals surface area contributed by atoms with Gasteiger partial charge in [-0.25, -0.2) is 0 Å². The summed E-state index contributed by atoms with van der Waals surface area (Å²) in [6, 6.07) is 0. The molecule has 1 fully saturated rings. The number of ether oxygens (including phenoxy) is 1. The average molecular weight is 270 g/mol. The SMILES string of the molecule is CCOCCCC1CC(C(C)(C)C)CCC1C(=O)O. The fourth-order valence-corrected chi connectivity index (χ4v) is 3.29. The molecule has 0 heterocycles. The normalized spacial score (nSPS) is 28.3. The van der Waals surface area contributed by atoms with Gasteiger partial charge in [0.1, 0.15) is 0 Å². The Labute approximate surface area is 117 Å². The van der Waals surface area contributed by atoms with Crippen LogP contribution in [0.25, 0.3) is 0 Å². The van der Waals surface area contributed by atoms with Crippen molar-refractivity contribution in [3.05, 3.63) is 0 Å². The summed E-state index contributed by atoms with van der Waals surface area (Å²) in [6.07, 6.45) is 4.94. The van der Waals surface area contributed by atoms with Crippen LogP contribution in [0.5, 0.6) is 0 Å². The largest absolute Gasteiger partial charge is 0.481 e. The van der Waals surface area contributed by atoms with E-state index < -0.39 is 5.97 Å². The predicted octanol–water partition coefficient (Wildman–Crippen LogP) is 3.97. The zero-order valence-electron chi connectivity index (χ0n) is 12.9. The molecular formula is C16H30O3. The molecule has 3 heteroatoms. The second-order valence-electron chi connectivity index (χ2n) is 6.92. The van der Waals surface area contributed by atoms with Crippen molar-refractivity contribution < 1.29 is 14.6 Å². The number of carboxylic acid groups (broad SMARTS) is 1. The van der Waals surface area contributed by atoms with E-state index in [1.165, 1.54) is 0 Å². The molecule has 0 aliphatic heterocycles. The maximum absolute atomic E-state index is 11.4. The number of rotatable bonds is 6. The molecular weight excluding hydrogens is 240 g/mol. The Morgan fingerprint density at radius 1 is 1.32 bits per heavy atom. The molecule has 0 radical (unpaired) electrons. The van der Waals surface area contributed by atoms with E-state index in [0.717, 1.165) is 45.3 Å². The zero-order valence-corrected chi connectivity index (χ0v) is 12.9. The highest BCUT2D eigenvalue weighted by atomic mass is 16.5. The Balaban J connectivity index is 2.55. The van der Waals surface area contributed by atoms with E-state index in [0.29, 0.717) is 17.3 Å². The van der Waals surface area contributed by atoms with Crippen molar-refractivity contribution in [3.63, 3.8) is 0 Å². The summed E-state index contributed by atoms with van der Waals surface area (Å²) in [5.41, 5.74) is 0.293. The van der Waals surface area contributed by atoms with Gasteiger partial charge in [-0.1, -0.05) is 20.8 Å². The van der Waals surface area contributed by atoms with Gasteiger partial charge in [0, 0.05) is 13.2 Å². The zero-order chi connectivity index (χ0) is 14.5. The van der Waals surface area contributed by atoms with Crippen LogP contribution in [-0.2, 0) is 9.53 Å². The van der Waals surface area contributed by atoms with Crippen molar-refractivity contribution in [1.29, 1.82) is 0 Å². The summed E-state index contributed by atoms with van der Waals surface area (Å²) in [4.78, 5) is 11.4. The molecule has 0 aromatic heterocycles. The van der Waals surface area contributed by atoms with Gasteiger partial charge in [0.25, 0.3) is 0 Å². The highest BCUT2D eigenvalue weighted by molar-refractivity contribution is 5.70. The van der Waals surface area contributed by atoms with Gasteiger partial charge in [-0.3, -0.25) is 4.79 Å². The first-order valence-electron chi connectivity index (χ1n) is 7.66. The molecule has 0 amide bonds. The average Bonchev–Trinajstić information content (AvgIpc) is 2.33. The van der Waals surface area contributed by atoms with E-state index in [1.54, 1.807) is 0 Å². The van der Waals surface area contributed by atoms with E-state index in [9.17, 15) is 9.90 Å². The topological polar surface area (TPSA) is 46.5 Å². The van der Waals surface area contributed by atoms with E-state index in [1.807, 2.05) is 6.92 Å². The van der Waals surface area contributed by atoms with Gasteiger partial charge in [-0.05, 0) is 56.3 Å². The molecule has 3 nitrogen and oxygen atoms in total. The van der Waals surface area contributed by atoms with Crippen molar-refractivity contribution in [2.24, 2.45) is 23.2 Å². The standard InChI is InChI=1S/C16H30O3/c1-5-19-10-6-7-12-11-13(16(2,3)4)8-9-14(12)15(17)18/h12-14H,5-11H2,1-4H3,(H,17,18). The van der Waals surface area contributed by atoms with Crippen molar-refractivity contribution in [2.75, 3.05) is 13.2 Å². The molecule has 1 aliphatic carbocycles. The lowest BCUT2D eigenvalue weighted by Crippen LogP contribution is -2.35. The number of aliphatic carboxylic acids is 1. The Hall–Kier alpha value is -0.570. The van der Waals surface area contributed by atoms with E-state index >= 15 is 0 Å². The fourth-order valence-electron chi connectivity index (χ4n) is 3.29. The van der Waals surface area contributed by atoms with Crippen molar-refractivity contribution in [3.8, 4) is 0 Å². The molecule has 0 spiro atoms. The summed E-state index contributed by atoms with van der Waals surface area (Å²) >= 11 is 0. The summed E-state index contributed by atoms with van der Waals surface area (Å²) in [5.74, 6) is 0.241. The maximum atomic E-state index is 11.4. The lowest BCUT2D eigenvalue weighted by Gasteiger charge is -2.40. The van der Waals surface area contributed by atoms with Gasteiger partial charge >= 0.3 is 5.97 Å². The van der Waals surface area contributed by atoms with Crippen LogP contribution < -0.4 is 0 Å². The molecule has 0 saturated heterocycles. The molecule has 1 saturated carbocycles. The van der Waals surface area contributed by atoms with Gasteiger partial charge in [0.15, 0.2) is 0 Å². The number of carbonyl (C=O) groups is 1. The lowest BCUT2D eigenvalue weighted by atomic mass is 9.64. The van der Waals surface area contributed by atoms with Gasteiger partial charge < -0.3 is 9.84 Å². The third-order valence-corrected chi connectivity index (χ3v) is 4.59. The van der Waals surface area contributed by atoms with Crippen LogP contribution in [-0.4, -0.2) is 24.3 Å². The summed E-state index contributed by atoms with van der Waals surface area (Å²) in [7, 11) is 0. The third kappa shape index (κ3) is 5.13. The highest BCUT2D eigenvalue weighted by Crippen LogP contribution is 2.44. The summed E-state index contributed by atoms with van der Waals surface area (Å²) in [5, 5.41) is 9.37. The Morgan fingerprint density at radius 3 is 2.53 bits per heavy atom. The molecule has 1 N–H and O–H groups in total. The van der Waals surface area contributed by atoms with E-state index in [2.05, 4.69) is 20.8 Å². The minimum Gasteiger partial charge on any atom is -0.481 e. The maximum Gasteiger partial charge on any atom is 0.306 e. The van der Waals surface area contributed by atoms with E-state index in [4.69, 9.17) is 4.74 Å². The molecule has 0 aromatic rings. The molecule has 112 valence electrons.